The van der Waals surface area contributed by atoms with Crippen LogP contribution in [-0.2, 0) is 4.79 Å². The van der Waals surface area contributed by atoms with E-state index in [4.69, 9.17) is 4.74 Å². The number of hydrogen-bond acceptors (Lipinski definition) is 5. The Morgan fingerprint density at radius 2 is 1.95 bits per heavy atom. The number of nitrogens with zero attached hydrogens (tertiary/aromatic N) is 4. The van der Waals surface area contributed by atoms with Crippen molar-refractivity contribution >= 4 is 11.7 Å². The fraction of sp³-hybridized carbons (Fsp3) is 0.667. The summed E-state index contributed by atoms with van der Waals surface area (Å²) in [7, 11) is 1.87. The summed E-state index contributed by atoms with van der Waals surface area (Å²) in [6.45, 7) is 7.29. The average Bonchev–Trinajstić information content (AvgIpc) is 2.46. The molecule has 21 heavy (non-hydrogen) atoms. The van der Waals surface area contributed by atoms with Crippen molar-refractivity contribution in [3.8, 4) is 5.88 Å². The van der Waals surface area contributed by atoms with Crippen LogP contribution in [0.25, 0.3) is 0 Å². The number of anilines is 1. The normalized spacial score (nSPS) is 16.1. The van der Waals surface area contributed by atoms with E-state index in [2.05, 4.69) is 14.9 Å². The van der Waals surface area contributed by atoms with Crippen molar-refractivity contribution in [2.45, 2.75) is 45.8 Å². The van der Waals surface area contributed by atoms with Gasteiger partial charge in [-0.3, -0.25) is 4.79 Å². The van der Waals surface area contributed by atoms with Crippen molar-refractivity contribution in [3.05, 3.63) is 12.4 Å². The van der Waals surface area contributed by atoms with Crippen LogP contribution in [0.2, 0.25) is 0 Å². The lowest BCUT2D eigenvalue weighted by atomic mass is 10.0. The number of amides is 1. The molecule has 1 aliphatic rings. The number of carbonyl (C=O) groups excluding carboxylic acids is 1. The lowest BCUT2D eigenvalue weighted by Gasteiger charge is -2.37. The lowest BCUT2D eigenvalue weighted by molar-refractivity contribution is -0.129. The summed E-state index contributed by atoms with van der Waals surface area (Å²) in [5, 5.41) is 0. The molecule has 2 heterocycles. The molecule has 1 saturated heterocycles. The van der Waals surface area contributed by atoms with Gasteiger partial charge in [0, 0.05) is 45.5 Å². The molecular formula is C15H24N4O2. The van der Waals surface area contributed by atoms with E-state index in [1.807, 2.05) is 25.8 Å². The molecule has 1 aromatic rings. The first-order chi connectivity index (χ1) is 9.99. The SMILES string of the molecule is CC(=O)N(C)C1CCN(c2nccnc2OC(C)C)CC1. The molecule has 1 aromatic heterocycles. The third kappa shape index (κ3) is 3.83. The van der Waals surface area contributed by atoms with Gasteiger partial charge in [0.2, 0.25) is 5.91 Å². The summed E-state index contributed by atoms with van der Waals surface area (Å²) in [6, 6.07) is 0.310. The summed E-state index contributed by atoms with van der Waals surface area (Å²) in [6.07, 6.45) is 5.29. The fourth-order valence-corrected chi connectivity index (χ4v) is 2.56. The van der Waals surface area contributed by atoms with Crippen molar-refractivity contribution in [3.63, 3.8) is 0 Å². The average molecular weight is 292 g/mol. The molecule has 1 amide bonds. The van der Waals surface area contributed by atoms with Crippen LogP contribution in [0.5, 0.6) is 5.88 Å². The van der Waals surface area contributed by atoms with Crippen LogP contribution in [0.1, 0.15) is 33.6 Å². The van der Waals surface area contributed by atoms with Gasteiger partial charge in [0.05, 0.1) is 6.10 Å². The minimum atomic E-state index is 0.0711. The van der Waals surface area contributed by atoms with Crippen LogP contribution in [0.15, 0.2) is 12.4 Å². The van der Waals surface area contributed by atoms with E-state index in [0.29, 0.717) is 11.9 Å². The number of hydrogen-bond donors (Lipinski definition) is 0. The second-order valence-electron chi connectivity index (χ2n) is 5.70. The van der Waals surface area contributed by atoms with Gasteiger partial charge in [-0.1, -0.05) is 0 Å². The molecule has 116 valence electrons. The summed E-state index contributed by atoms with van der Waals surface area (Å²) in [5.41, 5.74) is 0. The summed E-state index contributed by atoms with van der Waals surface area (Å²) in [5.74, 6) is 1.51. The molecule has 1 fully saturated rings. The first-order valence-corrected chi connectivity index (χ1v) is 7.45. The predicted molar refractivity (Wildman–Crippen MR) is 81.5 cm³/mol. The van der Waals surface area contributed by atoms with Crippen LogP contribution < -0.4 is 9.64 Å². The molecule has 0 N–H and O–H groups in total. The number of ether oxygens (including phenoxy) is 1. The van der Waals surface area contributed by atoms with Gasteiger partial charge in [-0.15, -0.1) is 0 Å². The van der Waals surface area contributed by atoms with Gasteiger partial charge in [-0.2, -0.15) is 0 Å². The van der Waals surface area contributed by atoms with Gasteiger partial charge < -0.3 is 14.5 Å². The first-order valence-electron chi connectivity index (χ1n) is 7.45. The Labute approximate surface area is 126 Å². The van der Waals surface area contributed by atoms with Gasteiger partial charge in [-0.25, -0.2) is 9.97 Å². The maximum Gasteiger partial charge on any atom is 0.257 e. The topological polar surface area (TPSA) is 58.6 Å². The molecule has 0 radical (unpaired) electrons. The van der Waals surface area contributed by atoms with Gasteiger partial charge >= 0.3 is 0 Å². The van der Waals surface area contributed by atoms with Crippen molar-refractivity contribution in [1.29, 1.82) is 0 Å². The Morgan fingerprint density at radius 1 is 1.33 bits per heavy atom. The second kappa shape index (κ2) is 6.74. The van der Waals surface area contributed by atoms with E-state index in [0.717, 1.165) is 31.7 Å². The summed E-state index contributed by atoms with van der Waals surface area (Å²) >= 11 is 0. The predicted octanol–water partition coefficient (Wildman–Crippen LogP) is 1.71. The third-order valence-corrected chi connectivity index (χ3v) is 3.80. The number of aromatic nitrogens is 2. The Morgan fingerprint density at radius 3 is 2.52 bits per heavy atom. The number of piperidine rings is 1. The Hall–Kier alpha value is -1.85. The van der Waals surface area contributed by atoms with Gasteiger partial charge in [0.25, 0.3) is 5.88 Å². The van der Waals surface area contributed by atoms with Crippen molar-refractivity contribution in [2.24, 2.45) is 0 Å². The largest absolute Gasteiger partial charge is 0.472 e. The monoisotopic (exact) mass is 292 g/mol. The van der Waals surface area contributed by atoms with E-state index in [1.54, 1.807) is 19.3 Å². The number of carbonyl (C=O) groups is 1. The van der Waals surface area contributed by atoms with Crippen LogP contribution in [0, 0.1) is 0 Å². The molecular weight excluding hydrogens is 268 g/mol. The van der Waals surface area contributed by atoms with Gasteiger partial charge in [0.1, 0.15) is 0 Å². The highest BCUT2D eigenvalue weighted by Gasteiger charge is 2.26. The zero-order valence-electron chi connectivity index (χ0n) is 13.2. The highest BCUT2D eigenvalue weighted by molar-refractivity contribution is 5.73. The zero-order valence-corrected chi connectivity index (χ0v) is 13.2. The minimum Gasteiger partial charge on any atom is -0.472 e. The maximum atomic E-state index is 11.4. The Bertz CT molecular complexity index is 484. The van der Waals surface area contributed by atoms with E-state index in [9.17, 15) is 4.79 Å². The van der Waals surface area contributed by atoms with Crippen molar-refractivity contribution in [2.75, 3.05) is 25.0 Å². The molecule has 6 nitrogen and oxygen atoms in total. The van der Waals surface area contributed by atoms with E-state index < -0.39 is 0 Å². The van der Waals surface area contributed by atoms with E-state index in [1.165, 1.54) is 0 Å². The maximum absolute atomic E-state index is 11.4. The molecule has 2 rings (SSSR count). The van der Waals surface area contributed by atoms with E-state index >= 15 is 0 Å². The highest BCUT2D eigenvalue weighted by atomic mass is 16.5. The van der Waals surface area contributed by atoms with Gasteiger partial charge in [-0.05, 0) is 26.7 Å². The van der Waals surface area contributed by atoms with E-state index in [-0.39, 0.29) is 12.0 Å². The molecule has 0 aromatic carbocycles. The molecule has 0 unspecified atom stereocenters. The molecule has 0 atom stereocenters. The van der Waals surface area contributed by atoms with Crippen molar-refractivity contribution in [1.82, 2.24) is 14.9 Å². The highest BCUT2D eigenvalue weighted by Crippen LogP contribution is 2.27. The molecule has 0 spiro atoms. The molecule has 0 bridgehead atoms. The fourth-order valence-electron chi connectivity index (χ4n) is 2.56. The van der Waals surface area contributed by atoms with Crippen LogP contribution >= 0.6 is 0 Å². The first kappa shape index (κ1) is 15.5. The van der Waals surface area contributed by atoms with Crippen molar-refractivity contribution < 1.29 is 9.53 Å². The molecule has 0 saturated carbocycles. The van der Waals surface area contributed by atoms with Crippen LogP contribution in [0.3, 0.4) is 0 Å². The third-order valence-electron chi connectivity index (χ3n) is 3.80. The lowest BCUT2D eigenvalue weighted by Crippen LogP contribution is -2.45. The van der Waals surface area contributed by atoms with Crippen LogP contribution in [0.4, 0.5) is 5.82 Å². The second-order valence-corrected chi connectivity index (χ2v) is 5.70. The standard InChI is InChI=1S/C15H24N4O2/c1-11(2)21-15-14(16-7-8-17-15)19-9-5-13(6-10-19)18(4)12(3)20/h7-8,11,13H,5-6,9-10H2,1-4H3. The number of rotatable bonds is 4. The summed E-state index contributed by atoms with van der Waals surface area (Å²) in [4.78, 5) is 24.2. The smallest absolute Gasteiger partial charge is 0.257 e. The molecule has 6 heteroatoms. The van der Waals surface area contributed by atoms with Gasteiger partial charge in [0.15, 0.2) is 5.82 Å². The Kier molecular flexibility index (Phi) is 4.98. The quantitative estimate of drug-likeness (QED) is 0.845. The minimum absolute atomic E-state index is 0.0711. The molecule has 0 aliphatic carbocycles. The van der Waals surface area contributed by atoms with Crippen LogP contribution in [-0.4, -0.2) is 53.1 Å². The Balaban J connectivity index is 2.04. The molecule has 1 aliphatic heterocycles. The zero-order chi connectivity index (χ0) is 15.4. The summed E-state index contributed by atoms with van der Waals surface area (Å²) < 4.78 is 5.73.